The molecule has 3 rings (SSSR count). The number of esters is 1. The van der Waals surface area contributed by atoms with Gasteiger partial charge < -0.3 is 10.1 Å². The van der Waals surface area contributed by atoms with E-state index < -0.39 is 23.2 Å². The number of cyclic esters (lactones) is 1. The van der Waals surface area contributed by atoms with Crippen LogP contribution >= 0.6 is 0 Å². The second-order valence-electron chi connectivity index (χ2n) is 5.20. The molecule has 1 N–H and O–H groups in total. The van der Waals surface area contributed by atoms with Gasteiger partial charge in [-0.2, -0.15) is 0 Å². The predicted octanol–water partition coefficient (Wildman–Crippen LogP) is 1.81. The van der Waals surface area contributed by atoms with E-state index in [1.807, 2.05) is 0 Å². The fourth-order valence-electron chi connectivity index (χ4n) is 2.37. The van der Waals surface area contributed by atoms with Gasteiger partial charge in [0, 0.05) is 18.0 Å². The number of carbonyl (C=O) groups excluding carboxylic acids is 2. The molecule has 1 fully saturated rings. The van der Waals surface area contributed by atoms with E-state index in [0.717, 1.165) is 6.07 Å². The minimum Gasteiger partial charge on any atom is -0.464 e. The van der Waals surface area contributed by atoms with E-state index in [0.29, 0.717) is 17.3 Å². The highest BCUT2D eigenvalue weighted by Gasteiger charge is 2.41. The molecule has 1 atom stereocenters. The molecule has 0 spiro atoms. The zero-order chi connectivity index (χ0) is 15.0. The largest absolute Gasteiger partial charge is 0.464 e. The molecule has 2 aromatic rings. The molecular weight excluding hydrogens is 275 g/mol. The number of nitrogens with zero attached hydrogens (tertiary/aromatic N) is 1. The SMILES string of the molecule is CC1(NC(=O)c2cc(F)cc3cccnc23)CCOC1=O. The lowest BCUT2D eigenvalue weighted by Crippen LogP contribution is -2.49. The molecule has 6 heteroatoms. The van der Waals surface area contributed by atoms with Gasteiger partial charge in [0.2, 0.25) is 0 Å². The van der Waals surface area contributed by atoms with Crippen LogP contribution in [-0.4, -0.2) is 29.0 Å². The van der Waals surface area contributed by atoms with Crippen LogP contribution in [0.25, 0.3) is 10.9 Å². The maximum atomic E-state index is 13.6. The van der Waals surface area contributed by atoms with Gasteiger partial charge in [-0.25, -0.2) is 9.18 Å². The number of ether oxygens (including phenoxy) is 1. The van der Waals surface area contributed by atoms with Crippen LogP contribution in [0.2, 0.25) is 0 Å². The summed E-state index contributed by atoms with van der Waals surface area (Å²) in [5.74, 6) is -1.55. The minimum absolute atomic E-state index is 0.103. The van der Waals surface area contributed by atoms with Gasteiger partial charge in [-0.3, -0.25) is 9.78 Å². The zero-order valence-electron chi connectivity index (χ0n) is 11.4. The molecule has 2 heterocycles. The lowest BCUT2D eigenvalue weighted by Gasteiger charge is -2.21. The molecule has 0 aliphatic carbocycles. The molecule has 1 aromatic carbocycles. The summed E-state index contributed by atoms with van der Waals surface area (Å²) in [6, 6.07) is 5.77. The first-order valence-electron chi connectivity index (χ1n) is 6.54. The lowest BCUT2D eigenvalue weighted by molar-refractivity contribution is -0.142. The van der Waals surface area contributed by atoms with Crippen molar-refractivity contribution in [1.29, 1.82) is 0 Å². The van der Waals surface area contributed by atoms with Crippen LogP contribution < -0.4 is 5.32 Å². The summed E-state index contributed by atoms with van der Waals surface area (Å²) in [6.07, 6.45) is 1.92. The Morgan fingerprint density at radius 3 is 3.00 bits per heavy atom. The van der Waals surface area contributed by atoms with Gasteiger partial charge in [-0.1, -0.05) is 6.07 Å². The molecule has 1 aromatic heterocycles. The monoisotopic (exact) mass is 288 g/mol. The first kappa shape index (κ1) is 13.5. The fourth-order valence-corrected chi connectivity index (χ4v) is 2.37. The Labute approximate surface area is 120 Å². The molecule has 108 valence electrons. The van der Waals surface area contributed by atoms with Gasteiger partial charge in [0.05, 0.1) is 17.7 Å². The molecule has 5 nitrogen and oxygen atoms in total. The van der Waals surface area contributed by atoms with Crippen molar-refractivity contribution in [2.75, 3.05) is 6.61 Å². The Balaban J connectivity index is 2.00. The average Bonchev–Trinajstić information content (AvgIpc) is 2.77. The number of carbonyl (C=O) groups is 2. The number of hydrogen-bond donors (Lipinski definition) is 1. The normalized spacial score (nSPS) is 21.3. The Hall–Kier alpha value is -2.50. The van der Waals surface area contributed by atoms with E-state index in [4.69, 9.17) is 4.74 Å². The maximum Gasteiger partial charge on any atom is 0.331 e. The van der Waals surface area contributed by atoms with Crippen molar-refractivity contribution in [3.63, 3.8) is 0 Å². The molecule has 1 saturated heterocycles. The predicted molar refractivity (Wildman–Crippen MR) is 73.1 cm³/mol. The third-order valence-corrected chi connectivity index (χ3v) is 3.59. The Morgan fingerprint density at radius 2 is 2.29 bits per heavy atom. The molecule has 1 amide bonds. The minimum atomic E-state index is -1.08. The number of rotatable bonds is 2. The third kappa shape index (κ3) is 2.33. The Bertz CT molecular complexity index is 747. The molecule has 0 radical (unpaired) electrons. The van der Waals surface area contributed by atoms with Crippen molar-refractivity contribution in [2.24, 2.45) is 0 Å². The van der Waals surface area contributed by atoms with Crippen LogP contribution in [0.4, 0.5) is 4.39 Å². The fraction of sp³-hybridized carbons (Fsp3) is 0.267. The van der Waals surface area contributed by atoms with E-state index >= 15 is 0 Å². The smallest absolute Gasteiger partial charge is 0.331 e. The van der Waals surface area contributed by atoms with Crippen LogP contribution in [0.3, 0.4) is 0 Å². The van der Waals surface area contributed by atoms with Gasteiger partial charge >= 0.3 is 5.97 Å². The third-order valence-electron chi connectivity index (χ3n) is 3.59. The second kappa shape index (κ2) is 4.80. The topological polar surface area (TPSA) is 68.3 Å². The molecule has 0 saturated carbocycles. The van der Waals surface area contributed by atoms with Crippen LogP contribution in [-0.2, 0) is 9.53 Å². The molecule has 1 aliphatic heterocycles. The van der Waals surface area contributed by atoms with Crippen molar-refractivity contribution in [2.45, 2.75) is 18.9 Å². The zero-order valence-corrected chi connectivity index (χ0v) is 11.4. The highest BCUT2D eigenvalue weighted by Crippen LogP contribution is 2.23. The van der Waals surface area contributed by atoms with E-state index in [-0.39, 0.29) is 12.2 Å². The number of fused-ring (bicyclic) bond motifs is 1. The molecule has 1 aliphatic rings. The van der Waals surface area contributed by atoms with Crippen LogP contribution in [0.1, 0.15) is 23.7 Å². The Morgan fingerprint density at radius 1 is 1.48 bits per heavy atom. The first-order chi connectivity index (χ1) is 9.99. The summed E-state index contributed by atoms with van der Waals surface area (Å²) in [5, 5.41) is 3.15. The van der Waals surface area contributed by atoms with Crippen molar-refractivity contribution in [3.8, 4) is 0 Å². The maximum absolute atomic E-state index is 13.6. The van der Waals surface area contributed by atoms with Gasteiger partial charge in [-0.05, 0) is 25.1 Å². The standard InChI is InChI=1S/C15H13FN2O3/c1-15(4-6-21-14(15)20)18-13(19)11-8-10(16)7-9-3-2-5-17-12(9)11/h2-3,5,7-8H,4,6H2,1H3,(H,18,19). The van der Waals surface area contributed by atoms with E-state index in [1.54, 1.807) is 19.1 Å². The quantitative estimate of drug-likeness (QED) is 0.856. The van der Waals surface area contributed by atoms with Crippen LogP contribution in [0, 0.1) is 5.82 Å². The number of amides is 1. The Kier molecular flexibility index (Phi) is 3.08. The first-order valence-corrected chi connectivity index (χ1v) is 6.54. The van der Waals surface area contributed by atoms with E-state index in [1.165, 1.54) is 12.3 Å². The highest BCUT2D eigenvalue weighted by atomic mass is 19.1. The highest BCUT2D eigenvalue weighted by molar-refractivity contribution is 6.07. The van der Waals surface area contributed by atoms with Crippen molar-refractivity contribution < 1.29 is 18.7 Å². The van der Waals surface area contributed by atoms with E-state index in [9.17, 15) is 14.0 Å². The molecular formula is C15H13FN2O3. The van der Waals surface area contributed by atoms with Gasteiger partial charge in [0.1, 0.15) is 11.4 Å². The summed E-state index contributed by atoms with van der Waals surface area (Å²) in [7, 11) is 0. The van der Waals surface area contributed by atoms with Gasteiger partial charge in [0.25, 0.3) is 5.91 Å². The molecule has 21 heavy (non-hydrogen) atoms. The van der Waals surface area contributed by atoms with Crippen LogP contribution in [0.5, 0.6) is 0 Å². The summed E-state index contributed by atoms with van der Waals surface area (Å²) in [5.41, 5.74) is -0.581. The molecule has 1 unspecified atom stereocenters. The number of hydrogen-bond acceptors (Lipinski definition) is 4. The van der Waals surface area contributed by atoms with Crippen molar-refractivity contribution >= 4 is 22.8 Å². The molecule has 0 bridgehead atoms. The van der Waals surface area contributed by atoms with Gasteiger partial charge in [-0.15, -0.1) is 0 Å². The number of benzene rings is 1. The van der Waals surface area contributed by atoms with Crippen molar-refractivity contribution in [3.05, 3.63) is 41.8 Å². The summed E-state index contributed by atoms with van der Waals surface area (Å²) < 4.78 is 18.5. The van der Waals surface area contributed by atoms with E-state index in [2.05, 4.69) is 10.3 Å². The number of nitrogens with one attached hydrogen (secondary N) is 1. The number of aromatic nitrogens is 1. The summed E-state index contributed by atoms with van der Waals surface area (Å²) in [6.45, 7) is 1.85. The average molecular weight is 288 g/mol. The van der Waals surface area contributed by atoms with Crippen molar-refractivity contribution in [1.82, 2.24) is 10.3 Å². The van der Waals surface area contributed by atoms with Gasteiger partial charge in [0.15, 0.2) is 0 Å². The lowest BCUT2D eigenvalue weighted by atomic mass is 9.99. The number of halogens is 1. The summed E-state index contributed by atoms with van der Waals surface area (Å²) >= 11 is 0. The number of pyridine rings is 1. The van der Waals surface area contributed by atoms with Crippen LogP contribution in [0.15, 0.2) is 30.5 Å². The summed E-state index contributed by atoms with van der Waals surface area (Å²) in [4.78, 5) is 28.2. The second-order valence-corrected chi connectivity index (χ2v) is 5.20.